The first kappa shape index (κ1) is 10.5. The largest absolute Gasteiger partial charge is 0.508 e. The first-order valence-corrected chi connectivity index (χ1v) is 5.21. The normalized spacial score (nSPS) is 10.3. The van der Waals surface area contributed by atoms with E-state index in [0.717, 1.165) is 18.1 Å². The molecule has 0 bridgehead atoms. The lowest BCUT2D eigenvalue weighted by Gasteiger charge is -2.03. The van der Waals surface area contributed by atoms with Crippen molar-refractivity contribution in [3.63, 3.8) is 0 Å². The summed E-state index contributed by atoms with van der Waals surface area (Å²) in [4.78, 5) is 13.9. The maximum atomic E-state index is 11.2. The van der Waals surface area contributed by atoms with Gasteiger partial charge in [-0.3, -0.25) is 4.79 Å². The molecule has 82 valence electrons. The van der Waals surface area contributed by atoms with E-state index >= 15 is 0 Å². The molecule has 0 aliphatic heterocycles. The average molecular weight is 215 g/mol. The van der Waals surface area contributed by atoms with Crippen LogP contribution in [0.3, 0.4) is 0 Å². The van der Waals surface area contributed by atoms with Gasteiger partial charge in [-0.1, -0.05) is 31.2 Å². The summed E-state index contributed by atoms with van der Waals surface area (Å²) in [5, 5.41) is 9.34. The molecule has 0 aliphatic carbocycles. The topological polar surface area (TPSA) is 53.1 Å². The molecule has 3 nitrogen and oxygen atoms in total. The number of aromatic nitrogens is 1. The molecule has 0 radical (unpaired) electrons. The summed E-state index contributed by atoms with van der Waals surface area (Å²) in [6.45, 7) is 2.09. The van der Waals surface area contributed by atoms with Gasteiger partial charge in [-0.2, -0.15) is 0 Å². The minimum atomic E-state index is -0.297. The number of H-pyrrole nitrogens is 1. The van der Waals surface area contributed by atoms with Crippen molar-refractivity contribution < 1.29 is 5.11 Å². The molecule has 1 aromatic heterocycles. The lowest BCUT2D eigenvalue weighted by Crippen LogP contribution is -2.04. The quantitative estimate of drug-likeness (QED) is 0.807. The Balaban J connectivity index is 2.46. The van der Waals surface area contributed by atoms with Crippen LogP contribution in [-0.2, 0) is 6.42 Å². The van der Waals surface area contributed by atoms with Crippen LogP contribution in [0.5, 0.6) is 5.75 Å². The van der Waals surface area contributed by atoms with Crippen molar-refractivity contribution in [2.75, 3.05) is 0 Å². The second-order valence-electron chi connectivity index (χ2n) is 3.67. The second-order valence-corrected chi connectivity index (χ2v) is 3.67. The number of aryl methyl sites for hydroxylation is 1. The zero-order chi connectivity index (χ0) is 11.5. The molecule has 0 saturated carbocycles. The average Bonchev–Trinajstić information content (AvgIpc) is 2.28. The summed E-state index contributed by atoms with van der Waals surface area (Å²) in [5.41, 5.74) is 2.47. The molecule has 16 heavy (non-hydrogen) atoms. The zero-order valence-corrected chi connectivity index (χ0v) is 9.03. The van der Waals surface area contributed by atoms with Crippen LogP contribution in [0.15, 0.2) is 41.2 Å². The molecule has 0 atom stereocenters. The molecular weight excluding hydrogens is 202 g/mol. The molecule has 2 aromatic rings. The Morgan fingerprint density at radius 3 is 2.44 bits per heavy atom. The number of benzene rings is 1. The number of aromatic amines is 1. The Bertz CT molecular complexity index is 541. The minimum absolute atomic E-state index is 0.0154. The van der Waals surface area contributed by atoms with Gasteiger partial charge in [0.15, 0.2) is 0 Å². The number of nitrogens with one attached hydrogen (secondary N) is 1. The van der Waals surface area contributed by atoms with Gasteiger partial charge < -0.3 is 10.1 Å². The maximum absolute atomic E-state index is 11.2. The van der Waals surface area contributed by atoms with Crippen LogP contribution in [0.4, 0.5) is 0 Å². The lowest BCUT2D eigenvalue weighted by atomic mass is 10.1. The molecule has 0 fully saturated rings. The van der Waals surface area contributed by atoms with Crippen LogP contribution < -0.4 is 5.56 Å². The lowest BCUT2D eigenvalue weighted by molar-refractivity contribution is 0.474. The maximum Gasteiger partial charge on any atom is 0.252 e. The van der Waals surface area contributed by atoms with Gasteiger partial charge in [-0.05, 0) is 17.5 Å². The molecule has 0 saturated heterocycles. The number of pyridine rings is 1. The highest BCUT2D eigenvalue weighted by Gasteiger charge is 2.01. The van der Waals surface area contributed by atoms with E-state index in [4.69, 9.17) is 0 Å². The standard InChI is InChI=1S/C13H13NO2/c1-2-9-3-5-10(6-4-9)12-7-11(15)8-13(16)14-12/h3-8H,2H2,1H3,(H2,14,15,16). The Hall–Kier alpha value is -2.03. The third-order valence-corrected chi connectivity index (χ3v) is 2.50. The summed E-state index contributed by atoms with van der Waals surface area (Å²) in [5.74, 6) is -0.0154. The van der Waals surface area contributed by atoms with Gasteiger partial charge in [-0.25, -0.2) is 0 Å². The van der Waals surface area contributed by atoms with Crippen molar-refractivity contribution in [2.24, 2.45) is 0 Å². The Kier molecular flexibility index (Phi) is 2.77. The van der Waals surface area contributed by atoms with Gasteiger partial charge in [0.2, 0.25) is 0 Å². The summed E-state index contributed by atoms with van der Waals surface area (Å²) >= 11 is 0. The molecule has 3 heteroatoms. The van der Waals surface area contributed by atoms with Crippen LogP contribution in [-0.4, -0.2) is 10.1 Å². The molecule has 0 amide bonds. The Morgan fingerprint density at radius 2 is 1.88 bits per heavy atom. The van der Waals surface area contributed by atoms with E-state index in [2.05, 4.69) is 11.9 Å². The monoisotopic (exact) mass is 215 g/mol. The van der Waals surface area contributed by atoms with Gasteiger partial charge in [0.05, 0.1) is 5.69 Å². The summed E-state index contributed by atoms with van der Waals surface area (Å²) < 4.78 is 0. The summed E-state index contributed by atoms with van der Waals surface area (Å²) in [6.07, 6.45) is 0.983. The fourth-order valence-corrected chi connectivity index (χ4v) is 1.60. The molecule has 0 unspecified atom stereocenters. The first-order chi connectivity index (χ1) is 7.69. The van der Waals surface area contributed by atoms with E-state index in [1.54, 1.807) is 6.07 Å². The van der Waals surface area contributed by atoms with E-state index in [0.29, 0.717) is 5.69 Å². The van der Waals surface area contributed by atoms with Crippen molar-refractivity contribution in [1.29, 1.82) is 0 Å². The fourth-order valence-electron chi connectivity index (χ4n) is 1.60. The number of aromatic hydroxyl groups is 1. The third-order valence-electron chi connectivity index (χ3n) is 2.50. The number of hydrogen-bond acceptors (Lipinski definition) is 2. The van der Waals surface area contributed by atoms with Gasteiger partial charge in [0.1, 0.15) is 5.75 Å². The predicted molar refractivity (Wildman–Crippen MR) is 63.5 cm³/mol. The molecular formula is C13H13NO2. The highest BCUT2D eigenvalue weighted by molar-refractivity contribution is 5.60. The Labute approximate surface area is 93.4 Å². The third kappa shape index (κ3) is 2.14. The van der Waals surface area contributed by atoms with Crippen LogP contribution in [0.2, 0.25) is 0 Å². The number of hydrogen-bond donors (Lipinski definition) is 2. The number of rotatable bonds is 2. The van der Waals surface area contributed by atoms with Crippen LogP contribution in [0, 0.1) is 0 Å². The molecule has 2 N–H and O–H groups in total. The molecule has 0 spiro atoms. The predicted octanol–water partition coefficient (Wildman–Crippen LogP) is 2.31. The molecule has 2 rings (SSSR count). The Morgan fingerprint density at radius 1 is 1.19 bits per heavy atom. The second kappa shape index (κ2) is 4.23. The SMILES string of the molecule is CCc1ccc(-c2cc(O)cc(=O)[nH]2)cc1. The summed E-state index contributed by atoms with van der Waals surface area (Å²) in [6, 6.07) is 10.6. The van der Waals surface area contributed by atoms with Crippen LogP contribution in [0.1, 0.15) is 12.5 Å². The van der Waals surface area contributed by atoms with Gasteiger partial charge in [0, 0.05) is 12.1 Å². The first-order valence-electron chi connectivity index (χ1n) is 5.21. The van der Waals surface area contributed by atoms with Crippen molar-refractivity contribution in [2.45, 2.75) is 13.3 Å². The fraction of sp³-hybridized carbons (Fsp3) is 0.154. The van der Waals surface area contributed by atoms with Crippen LogP contribution >= 0.6 is 0 Å². The van der Waals surface area contributed by atoms with Crippen molar-refractivity contribution >= 4 is 0 Å². The van der Waals surface area contributed by atoms with Crippen LogP contribution in [0.25, 0.3) is 11.3 Å². The molecule has 1 aromatic carbocycles. The van der Waals surface area contributed by atoms with Gasteiger partial charge in [-0.15, -0.1) is 0 Å². The molecule has 1 heterocycles. The summed E-state index contributed by atoms with van der Waals surface area (Å²) in [7, 11) is 0. The zero-order valence-electron chi connectivity index (χ0n) is 9.03. The minimum Gasteiger partial charge on any atom is -0.508 e. The van der Waals surface area contributed by atoms with Crippen molar-refractivity contribution in [3.8, 4) is 17.0 Å². The van der Waals surface area contributed by atoms with E-state index in [-0.39, 0.29) is 11.3 Å². The highest BCUT2D eigenvalue weighted by Crippen LogP contribution is 2.19. The van der Waals surface area contributed by atoms with Crippen molar-refractivity contribution in [1.82, 2.24) is 4.98 Å². The highest BCUT2D eigenvalue weighted by atomic mass is 16.3. The van der Waals surface area contributed by atoms with Crippen molar-refractivity contribution in [3.05, 3.63) is 52.3 Å². The van der Waals surface area contributed by atoms with E-state index in [1.807, 2.05) is 24.3 Å². The van der Waals surface area contributed by atoms with E-state index < -0.39 is 0 Å². The molecule has 0 aliphatic rings. The van der Waals surface area contributed by atoms with Gasteiger partial charge in [0.25, 0.3) is 5.56 Å². The van der Waals surface area contributed by atoms with E-state index in [9.17, 15) is 9.90 Å². The van der Waals surface area contributed by atoms with Gasteiger partial charge >= 0.3 is 0 Å². The van der Waals surface area contributed by atoms with E-state index in [1.165, 1.54) is 5.56 Å². The smallest absolute Gasteiger partial charge is 0.252 e.